The van der Waals surface area contributed by atoms with E-state index in [1.807, 2.05) is 44.2 Å². The Kier molecular flexibility index (Phi) is 4.75. The van der Waals surface area contributed by atoms with Crippen molar-refractivity contribution < 1.29 is 4.79 Å². The third-order valence-electron chi connectivity index (χ3n) is 3.96. The average Bonchev–Trinajstić information content (AvgIpc) is 3.03. The molecule has 0 fully saturated rings. The highest BCUT2D eigenvalue weighted by atomic mass is 16.1. The van der Waals surface area contributed by atoms with E-state index in [0.29, 0.717) is 12.1 Å². The summed E-state index contributed by atoms with van der Waals surface area (Å²) in [5.41, 5.74) is 8.05. The fourth-order valence-electron chi connectivity index (χ4n) is 2.13. The number of hydrogen-bond acceptors (Lipinski definition) is 3. The SMILES string of the molecule is CCC(N)(CC)CNC(=O)c1cn[nH]c1-c1ccccc1. The first-order valence-electron chi connectivity index (χ1n) is 7.25. The molecule has 1 aromatic carbocycles. The first-order chi connectivity index (χ1) is 10.1. The minimum Gasteiger partial charge on any atom is -0.350 e. The summed E-state index contributed by atoms with van der Waals surface area (Å²) in [4.78, 5) is 12.4. The van der Waals surface area contributed by atoms with Crippen molar-refractivity contribution in [1.29, 1.82) is 0 Å². The molecule has 1 amide bonds. The van der Waals surface area contributed by atoms with Crippen molar-refractivity contribution >= 4 is 5.91 Å². The van der Waals surface area contributed by atoms with Crippen LogP contribution in [-0.4, -0.2) is 28.2 Å². The number of hydrogen-bond donors (Lipinski definition) is 3. The number of carbonyl (C=O) groups excluding carboxylic acids is 1. The number of aromatic amines is 1. The van der Waals surface area contributed by atoms with Crippen molar-refractivity contribution in [3.63, 3.8) is 0 Å². The van der Waals surface area contributed by atoms with Crippen LogP contribution in [0.2, 0.25) is 0 Å². The van der Waals surface area contributed by atoms with Crippen LogP contribution in [0.4, 0.5) is 0 Å². The lowest BCUT2D eigenvalue weighted by molar-refractivity contribution is 0.0943. The molecule has 21 heavy (non-hydrogen) atoms. The molecule has 5 heteroatoms. The molecular formula is C16H22N4O. The van der Waals surface area contributed by atoms with E-state index in [0.717, 1.165) is 24.1 Å². The first-order valence-corrected chi connectivity index (χ1v) is 7.25. The molecule has 0 saturated carbocycles. The minimum absolute atomic E-state index is 0.153. The number of H-pyrrole nitrogens is 1. The molecule has 0 atom stereocenters. The van der Waals surface area contributed by atoms with Crippen LogP contribution >= 0.6 is 0 Å². The topological polar surface area (TPSA) is 83.8 Å². The summed E-state index contributed by atoms with van der Waals surface area (Å²) in [5.74, 6) is -0.153. The van der Waals surface area contributed by atoms with Gasteiger partial charge in [-0.2, -0.15) is 5.10 Å². The molecule has 0 saturated heterocycles. The smallest absolute Gasteiger partial charge is 0.255 e. The predicted molar refractivity (Wildman–Crippen MR) is 83.9 cm³/mol. The molecule has 0 radical (unpaired) electrons. The number of rotatable bonds is 6. The maximum atomic E-state index is 12.4. The lowest BCUT2D eigenvalue weighted by Crippen LogP contribution is -2.49. The van der Waals surface area contributed by atoms with Gasteiger partial charge in [0.2, 0.25) is 0 Å². The molecule has 2 rings (SSSR count). The number of carbonyl (C=O) groups is 1. The maximum Gasteiger partial charge on any atom is 0.255 e. The van der Waals surface area contributed by atoms with Crippen molar-refractivity contribution in [1.82, 2.24) is 15.5 Å². The summed E-state index contributed by atoms with van der Waals surface area (Å²) >= 11 is 0. The third-order valence-corrected chi connectivity index (χ3v) is 3.96. The molecule has 0 spiro atoms. The van der Waals surface area contributed by atoms with Crippen molar-refractivity contribution in [2.75, 3.05) is 6.54 Å². The van der Waals surface area contributed by atoms with Crippen molar-refractivity contribution in [2.45, 2.75) is 32.2 Å². The van der Waals surface area contributed by atoms with Gasteiger partial charge < -0.3 is 11.1 Å². The Bertz CT molecular complexity index is 587. The molecule has 1 aromatic heterocycles. The van der Waals surface area contributed by atoms with Gasteiger partial charge in [0.25, 0.3) is 5.91 Å². The largest absolute Gasteiger partial charge is 0.350 e. The van der Waals surface area contributed by atoms with Crippen LogP contribution in [0.1, 0.15) is 37.0 Å². The lowest BCUT2D eigenvalue weighted by atomic mass is 9.94. The summed E-state index contributed by atoms with van der Waals surface area (Å²) in [5, 5.41) is 9.79. The molecule has 2 aromatic rings. The number of nitrogens with two attached hydrogens (primary N) is 1. The highest BCUT2D eigenvalue weighted by Crippen LogP contribution is 2.20. The van der Waals surface area contributed by atoms with Gasteiger partial charge in [-0.1, -0.05) is 44.2 Å². The highest BCUT2D eigenvalue weighted by Gasteiger charge is 2.22. The zero-order valence-corrected chi connectivity index (χ0v) is 12.5. The van der Waals surface area contributed by atoms with Crippen molar-refractivity contribution in [2.24, 2.45) is 5.73 Å². The monoisotopic (exact) mass is 286 g/mol. The van der Waals surface area contributed by atoms with Gasteiger partial charge >= 0.3 is 0 Å². The average molecular weight is 286 g/mol. The molecule has 1 heterocycles. The second-order valence-corrected chi connectivity index (χ2v) is 5.28. The summed E-state index contributed by atoms with van der Waals surface area (Å²) in [7, 11) is 0. The normalized spacial score (nSPS) is 11.4. The van der Waals surface area contributed by atoms with Gasteiger partial charge in [-0.05, 0) is 12.8 Å². The van der Waals surface area contributed by atoms with Crippen LogP contribution in [0.5, 0.6) is 0 Å². The fraction of sp³-hybridized carbons (Fsp3) is 0.375. The van der Waals surface area contributed by atoms with E-state index in [-0.39, 0.29) is 11.4 Å². The number of nitrogens with zero attached hydrogens (tertiary/aromatic N) is 1. The zero-order valence-electron chi connectivity index (χ0n) is 12.5. The van der Waals surface area contributed by atoms with Gasteiger partial charge in [0.15, 0.2) is 0 Å². The molecule has 0 aliphatic rings. The van der Waals surface area contributed by atoms with E-state index in [1.54, 1.807) is 6.20 Å². The number of aromatic nitrogens is 2. The molecule has 0 aliphatic heterocycles. The summed E-state index contributed by atoms with van der Waals surface area (Å²) in [6.45, 7) is 4.52. The van der Waals surface area contributed by atoms with Gasteiger partial charge in [0.05, 0.1) is 17.5 Å². The minimum atomic E-state index is -0.355. The van der Waals surface area contributed by atoms with Crippen LogP contribution < -0.4 is 11.1 Å². The Hall–Kier alpha value is -2.14. The van der Waals surface area contributed by atoms with Crippen LogP contribution in [0, 0.1) is 0 Å². The quantitative estimate of drug-likeness (QED) is 0.762. The predicted octanol–water partition coefficient (Wildman–Crippen LogP) is 2.32. The Morgan fingerprint density at radius 1 is 1.29 bits per heavy atom. The number of nitrogens with one attached hydrogen (secondary N) is 2. The van der Waals surface area contributed by atoms with Crippen molar-refractivity contribution in [3.05, 3.63) is 42.1 Å². The summed E-state index contributed by atoms with van der Waals surface area (Å²) < 4.78 is 0. The van der Waals surface area contributed by atoms with E-state index in [4.69, 9.17) is 5.73 Å². The Balaban J connectivity index is 2.13. The van der Waals surface area contributed by atoms with Crippen LogP contribution in [0.15, 0.2) is 36.5 Å². The molecule has 112 valence electrons. The Morgan fingerprint density at radius 3 is 2.57 bits per heavy atom. The zero-order chi connectivity index (χ0) is 15.3. The van der Waals surface area contributed by atoms with Crippen LogP contribution in [0.3, 0.4) is 0 Å². The first kappa shape index (κ1) is 15.3. The van der Waals surface area contributed by atoms with Crippen molar-refractivity contribution in [3.8, 4) is 11.3 Å². The second-order valence-electron chi connectivity index (χ2n) is 5.28. The van der Waals surface area contributed by atoms with Gasteiger partial charge in [-0.15, -0.1) is 0 Å². The van der Waals surface area contributed by atoms with Gasteiger partial charge in [0.1, 0.15) is 0 Å². The number of benzene rings is 1. The summed E-state index contributed by atoms with van der Waals surface area (Å²) in [6.07, 6.45) is 3.19. The molecule has 5 nitrogen and oxygen atoms in total. The molecule has 0 aliphatic carbocycles. The standard InChI is InChI=1S/C16H22N4O/c1-3-16(17,4-2)11-18-15(21)13-10-19-20-14(13)12-8-6-5-7-9-12/h5-10H,3-4,11,17H2,1-2H3,(H,18,21)(H,19,20). The van der Waals surface area contributed by atoms with E-state index >= 15 is 0 Å². The van der Waals surface area contributed by atoms with E-state index < -0.39 is 0 Å². The second kappa shape index (κ2) is 6.54. The molecule has 4 N–H and O–H groups in total. The Labute approximate surface area is 124 Å². The van der Waals surface area contributed by atoms with Gasteiger partial charge in [-0.25, -0.2) is 0 Å². The number of amides is 1. The van der Waals surface area contributed by atoms with Gasteiger partial charge in [-0.3, -0.25) is 9.89 Å². The van der Waals surface area contributed by atoms with Crippen LogP contribution in [-0.2, 0) is 0 Å². The fourth-order valence-corrected chi connectivity index (χ4v) is 2.13. The molecule has 0 unspecified atom stereocenters. The molecular weight excluding hydrogens is 264 g/mol. The van der Waals surface area contributed by atoms with Gasteiger partial charge in [0, 0.05) is 17.6 Å². The summed E-state index contributed by atoms with van der Waals surface area (Å²) in [6, 6.07) is 9.67. The lowest BCUT2D eigenvalue weighted by Gasteiger charge is -2.26. The van der Waals surface area contributed by atoms with Crippen LogP contribution in [0.25, 0.3) is 11.3 Å². The molecule has 0 bridgehead atoms. The third kappa shape index (κ3) is 3.49. The van der Waals surface area contributed by atoms with E-state index in [9.17, 15) is 4.79 Å². The van der Waals surface area contributed by atoms with E-state index in [2.05, 4.69) is 15.5 Å². The van der Waals surface area contributed by atoms with E-state index in [1.165, 1.54) is 0 Å². The maximum absolute atomic E-state index is 12.4. The Morgan fingerprint density at radius 2 is 1.95 bits per heavy atom. The highest BCUT2D eigenvalue weighted by molar-refractivity contribution is 5.99.